The Balaban J connectivity index is 1.40. The van der Waals surface area contributed by atoms with Crippen LogP contribution in [0.4, 0.5) is 0 Å². The maximum absolute atomic E-state index is 12.7. The van der Waals surface area contributed by atoms with Crippen LogP contribution in [0.15, 0.2) is 41.2 Å². The summed E-state index contributed by atoms with van der Waals surface area (Å²) >= 11 is 0. The van der Waals surface area contributed by atoms with Crippen LogP contribution in [0.25, 0.3) is 0 Å². The largest absolute Gasteiger partial charge is 0.472 e. The minimum absolute atomic E-state index is 0.0339. The fourth-order valence-electron chi connectivity index (χ4n) is 3.57. The number of carbonyl (C=O) groups excluding carboxylic acids is 2. The van der Waals surface area contributed by atoms with Crippen molar-refractivity contribution < 1.29 is 14.0 Å². The zero-order valence-corrected chi connectivity index (χ0v) is 13.5. The van der Waals surface area contributed by atoms with E-state index in [1.54, 1.807) is 11.0 Å². The Morgan fingerprint density at radius 2 is 1.50 bits per heavy atom. The van der Waals surface area contributed by atoms with E-state index in [1.165, 1.54) is 30.1 Å². The lowest BCUT2D eigenvalue weighted by atomic mass is 10.1. The summed E-state index contributed by atoms with van der Waals surface area (Å²) < 4.78 is 4.97. The molecule has 1 aromatic carbocycles. The molecule has 0 unspecified atom stereocenters. The van der Waals surface area contributed by atoms with Gasteiger partial charge in [0.2, 0.25) is 0 Å². The molecule has 124 valence electrons. The molecule has 1 aliphatic carbocycles. The first-order chi connectivity index (χ1) is 11.7. The zero-order chi connectivity index (χ0) is 16.5. The third kappa shape index (κ3) is 2.70. The predicted octanol–water partition coefficient (Wildman–Crippen LogP) is 2.37. The van der Waals surface area contributed by atoms with Gasteiger partial charge >= 0.3 is 0 Å². The molecule has 5 nitrogen and oxygen atoms in total. The number of furan rings is 1. The monoisotopic (exact) mass is 324 g/mol. The van der Waals surface area contributed by atoms with E-state index in [2.05, 4.69) is 6.07 Å². The van der Waals surface area contributed by atoms with Gasteiger partial charge in [0.05, 0.1) is 11.8 Å². The number of carbonyl (C=O) groups is 2. The second kappa shape index (κ2) is 6.15. The van der Waals surface area contributed by atoms with Crippen molar-refractivity contribution in [3.8, 4) is 0 Å². The molecule has 1 aliphatic heterocycles. The summed E-state index contributed by atoms with van der Waals surface area (Å²) in [5, 5.41) is 0. The topological polar surface area (TPSA) is 53.8 Å². The van der Waals surface area contributed by atoms with E-state index < -0.39 is 0 Å². The first-order valence-corrected chi connectivity index (χ1v) is 8.45. The second-order valence-electron chi connectivity index (χ2n) is 6.43. The molecular formula is C19H20N2O3. The molecule has 0 spiro atoms. The Kier molecular flexibility index (Phi) is 3.84. The van der Waals surface area contributed by atoms with E-state index in [1.807, 2.05) is 17.0 Å². The normalized spacial score (nSPS) is 17.0. The average molecular weight is 324 g/mol. The number of benzene rings is 1. The molecule has 2 aromatic rings. The molecule has 1 aromatic heterocycles. The van der Waals surface area contributed by atoms with Crippen molar-refractivity contribution in [3.05, 3.63) is 59.0 Å². The number of hydrogen-bond acceptors (Lipinski definition) is 3. The maximum atomic E-state index is 12.7. The van der Waals surface area contributed by atoms with Gasteiger partial charge < -0.3 is 14.2 Å². The second-order valence-corrected chi connectivity index (χ2v) is 6.43. The lowest BCUT2D eigenvalue weighted by molar-refractivity contribution is 0.0535. The number of rotatable bonds is 2. The molecule has 2 aliphatic rings. The minimum Gasteiger partial charge on any atom is -0.472 e. The Morgan fingerprint density at radius 3 is 2.17 bits per heavy atom. The summed E-state index contributed by atoms with van der Waals surface area (Å²) in [7, 11) is 0. The maximum Gasteiger partial charge on any atom is 0.257 e. The molecular weight excluding hydrogens is 304 g/mol. The van der Waals surface area contributed by atoms with Crippen LogP contribution in [0.2, 0.25) is 0 Å². The molecule has 1 saturated heterocycles. The minimum atomic E-state index is -0.0339. The van der Waals surface area contributed by atoms with Crippen LogP contribution in [0.5, 0.6) is 0 Å². The standard InChI is InChI=1S/C19H20N2O3/c22-18(16-5-4-14-2-1-3-15(14)12-16)20-7-9-21(10-8-20)19(23)17-6-11-24-13-17/h4-6,11-13H,1-3,7-10H2. The van der Waals surface area contributed by atoms with Gasteiger partial charge in [-0.1, -0.05) is 6.07 Å². The van der Waals surface area contributed by atoms with E-state index in [-0.39, 0.29) is 11.8 Å². The van der Waals surface area contributed by atoms with Crippen LogP contribution < -0.4 is 0 Å². The Bertz CT molecular complexity index is 759. The van der Waals surface area contributed by atoms with Crippen LogP contribution >= 0.6 is 0 Å². The fraction of sp³-hybridized carbons (Fsp3) is 0.368. The summed E-state index contributed by atoms with van der Waals surface area (Å²) in [5.74, 6) is 0.0356. The van der Waals surface area contributed by atoms with Gasteiger partial charge in [-0.05, 0) is 48.6 Å². The lowest BCUT2D eigenvalue weighted by Crippen LogP contribution is -2.50. The van der Waals surface area contributed by atoms with Crippen molar-refractivity contribution >= 4 is 11.8 Å². The highest BCUT2D eigenvalue weighted by molar-refractivity contribution is 5.96. The summed E-state index contributed by atoms with van der Waals surface area (Å²) in [6, 6.07) is 7.75. The molecule has 0 saturated carbocycles. The molecule has 2 heterocycles. The lowest BCUT2D eigenvalue weighted by Gasteiger charge is -2.34. The van der Waals surface area contributed by atoms with Gasteiger partial charge in [0, 0.05) is 31.7 Å². The molecule has 0 radical (unpaired) electrons. The first kappa shape index (κ1) is 15.0. The molecule has 2 amide bonds. The summed E-state index contributed by atoms with van der Waals surface area (Å²) in [6.07, 6.45) is 6.34. The number of aryl methyl sites for hydroxylation is 2. The van der Waals surface area contributed by atoms with Crippen molar-refractivity contribution in [1.82, 2.24) is 9.80 Å². The fourth-order valence-corrected chi connectivity index (χ4v) is 3.57. The molecule has 0 bridgehead atoms. The summed E-state index contributed by atoms with van der Waals surface area (Å²) in [6.45, 7) is 2.25. The quantitative estimate of drug-likeness (QED) is 0.852. The molecule has 1 fully saturated rings. The number of amides is 2. The van der Waals surface area contributed by atoms with Crippen LogP contribution in [0.1, 0.15) is 38.3 Å². The van der Waals surface area contributed by atoms with Crippen molar-refractivity contribution in [3.63, 3.8) is 0 Å². The van der Waals surface area contributed by atoms with E-state index >= 15 is 0 Å². The van der Waals surface area contributed by atoms with Crippen molar-refractivity contribution in [2.24, 2.45) is 0 Å². The Morgan fingerprint density at radius 1 is 0.833 bits per heavy atom. The molecule has 4 rings (SSSR count). The molecule has 0 atom stereocenters. The van der Waals surface area contributed by atoms with Gasteiger partial charge in [-0.2, -0.15) is 0 Å². The smallest absolute Gasteiger partial charge is 0.257 e. The van der Waals surface area contributed by atoms with Gasteiger partial charge in [0.15, 0.2) is 0 Å². The Labute approximate surface area is 140 Å². The number of piperazine rings is 1. The van der Waals surface area contributed by atoms with Crippen molar-refractivity contribution in [1.29, 1.82) is 0 Å². The van der Waals surface area contributed by atoms with Gasteiger partial charge in [-0.3, -0.25) is 9.59 Å². The molecule has 24 heavy (non-hydrogen) atoms. The van der Waals surface area contributed by atoms with E-state index in [4.69, 9.17) is 4.42 Å². The summed E-state index contributed by atoms with van der Waals surface area (Å²) in [5.41, 5.74) is 4.02. The van der Waals surface area contributed by atoms with Crippen LogP contribution in [-0.4, -0.2) is 47.8 Å². The summed E-state index contributed by atoms with van der Waals surface area (Å²) in [4.78, 5) is 28.6. The average Bonchev–Trinajstić information content (AvgIpc) is 3.31. The highest BCUT2D eigenvalue weighted by Gasteiger charge is 2.26. The number of fused-ring (bicyclic) bond motifs is 1. The van der Waals surface area contributed by atoms with Crippen LogP contribution in [0.3, 0.4) is 0 Å². The highest BCUT2D eigenvalue weighted by Crippen LogP contribution is 2.23. The number of nitrogens with zero attached hydrogens (tertiary/aromatic N) is 2. The van der Waals surface area contributed by atoms with Gasteiger partial charge in [0.25, 0.3) is 11.8 Å². The van der Waals surface area contributed by atoms with E-state index in [9.17, 15) is 9.59 Å². The molecule has 5 heteroatoms. The molecule has 0 N–H and O–H groups in total. The van der Waals surface area contributed by atoms with Crippen LogP contribution in [0, 0.1) is 0 Å². The van der Waals surface area contributed by atoms with Crippen LogP contribution in [-0.2, 0) is 12.8 Å². The van der Waals surface area contributed by atoms with Crippen molar-refractivity contribution in [2.45, 2.75) is 19.3 Å². The van der Waals surface area contributed by atoms with E-state index in [0.717, 1.165) is 18.4 Å². The van der Waals surface area contributed by atoms with Crippen molar-refractivity contribution in [2.75, 3.05) is 26.2 Å². The van der Waals surface area contributed by atoms with Gasteiger partial charge in [0.1, 0.15) is 6.26 Å². The SMILES string of the molecule is O=C(c1ccoc1)N1CCN(C(=O)c2ccc3c(c2)CCC3)CC1. The zero-order valence-electron chi connectivity index (χ0n) is 13.5. The third-order valence-corrected chi connectivity index (χ3v) is 4.97. The third-order valence-electron chi connectivity index (χ3n) is 4.97. The predicted molar refractivity (Wildman–Crippen MR) is 89.0 cm³/mol. The highest BCUT2D eigenvalue weighted by atomic mass is 16.3. The van der Waals surface area contributed by atoms with Gasteiger partial charge in [-0.15, -0.1) is 0 Å². The number of hydrogen-bond donors (Lipinski definition) is 0. The first-order valence-electron chi connectivity index (χ1n) is 8.45. The van der Waals surface area contributed by atoms with Gasteiger partial charge in [-0.25, -0.2) is 0 Å². The Hall–Kier alpha value is -2.56. The van der Waals surface area contributed by atoms with E-state index in [0.29, 0.717) is 31.7 Å².